The molecule has 7 heteroatoms. The van der Waals surface area contributed by atoms with Crippen molar-refractivity contribution in [2.24, 2.45) is 5.92 Å². The normalized spacial score (nSPS) is 13.9. The van der Waals surface area contributed by atoms with Crippen LogP contribution in [0.1, 0.15) is 43.6 Å². The maximum absolute atomic E-state index is 11.8. The van der Waals surface area contributed by atoms with E-state index in [4.69, 9.17) is 5.11 Å². The highest BCUT2D eigenvalue weighted by molar-refractivity contribution is 5.93. The number of aromatic amines is 1. The lowest BCUT2D eigenvalue weighted by Crippen LogP contribution is -2.45. The topological polar surface area (TPSA) is 108 Å². The fraction of sp³-hybridized carbons (Fsp3) is 0.636. The Bertz CT molecular complexity index is 430. The number of rotatable bonds is 6. The second-order valence-corrected chi connectivity index (χ2v) is 4.13. The molecule has 0 saturated heterocycles. The fourth-order valence-electron chi connectivity index (χ4n) is 1.44. The summed E-state index contributed by atoms with van der Waals surface area (Å²) in [6.45, 7) is 5.52. The van der Waals surface area contributed by atoms with Gasteiger partial charge in [-0.15, -0.1) is 5.10 Å². The van der Waals surface area contributed by atoms with Crippen molar-refractivity contribution < 1.29 is 14.7 Å². The monoisotopic (exact) mass is 254 g/mol. The molecule has 1 rings (SSSR count). The summed E-state index contributed by atoms with van der Waals surface area (Å²) < 4.78 is 0. The van der Waals surface area contributed by atoms with Crippen LogP contribution in [0.3, 0.4) is 0 Å². The van der Waals surface area contributed by atoms with Crippen LogP contribution in [-0.4, -0.2) is 38.2 Å². The Hall–Kier alpha value is -1.92. The van der Waals surface area contributed by atoms with Gasteiger partial charge in [-0.2, -0.15) is 0 Å². The molecule has 0 aliphatic heterocycles. The van der Waals surface area contributed by atoms with Gasteiger partial charge in [-0.25, -0.2) is 9.78 Å². The number of aliphatic carboxylic acids is 1. The molecule has 0 radical (unpaired) electrons. The number of carbonyl (C=O) groups excluding carboxylic acids is 1. The van der Waals surface area contributed by atoms with Crippen molar-refractivity contribution in [3.8, 4) is 0 Å². The summed E-state index contributed by atoms with van der Waals surface area (Å²) >= 11 is 0. The molecule has 0 aliphatic carbocycles. The third-order valence-electron chi connectivity index (χ3n) is 2.84. The molecule has 0 fully saturated rings. The molecular formula is C11H18N4O3. The van der Waals surface area contributed by atoms with Crippen LogP contribution < -0.4 is 5.32 Å². The molecule has 2 atom stereocenters. The van der Waals surface area contributed by atoms with Gasteiger partial charge in [-0.3, -0.25) is 9.89 Å². The Balaban J connectivity index is 2.75. The maximum Gasteiger partial charge on any atom is 0.326 e. The van der Waals surface area contributed by atoms with Crippen LogP contribution in [0.25, 0.3) is 0 Å². The minimum atomic E-state index is -1.05. The van der Waals surface area contributed by atoms with E-state index in [1.54, 1.807) is 6.92 Å². The van der Waals surface area contributed by atoms with Gasteiger partial charge in [0.1, 0.15) is 11.9 Å². The predicted octanol–water partition coefficient (Wildman–Crippen LogP) is 0.596. The number of amides is 1. The molecule has 1 heterocycles. The number of hydrogen-bond acceptors (Lipinski definition) is 4. The summed E-state index contributed by atoms with van der Waals surface area (Å²) in [6.07, 6.45) is 1.29. The Kier molecular flexibility index (Phi) is 4.82. The summed E-state index contributed by atoms with van der Waals surface area (Å²) in [5.41, 5.74) is 0. The highest BCUT2D eigenvalue weighted by atomic mass is 16.4. The zero-order chi connectivity index (χ0) is 13.7. The number of aromatic nitrogens is 3. The summed E-state index contributed by atoms with van der Waals surface area (Å²) in [4.78, 5) is 26.8. The van der Waals surface area contributed by atoms with E-state index < -0.39 is 17.9 Å². The minimum absolute atomic E-state index is 0.0265. The Morgan fingerprint density at radius 1 is 1.44 bits per heavy atom. The molecule has 1 aromatic rings. The van der Waals surface area contributed by atoms with Gasteiger partial charge in [0.2, 0.25) is 5.82 Å². The average Bonchev–Trinajstić information content (AvgIpc) is 2.83. The van der Waals surface area contributed by atoms with E-state index in [1.807, 2.05) is 13.8 Å². The molecule has 7 nitrogen and oxygen atoms in total. The van der Waals surface area contributed by atoms with E-state index in [0.717, 1.165) is 0 Å². The second kappa shape index (κ2) is 6.13. The van der Waals surface area contributed by atoms with Gasteiger partial charge in [0.15, 0.2) is 0 Å². The first-order chi connectivity index (χ1) is 8.49. The number of carboxylic acids is 1. The van der Waals surface area contributed by atoms with Crippen LogP contribution in [0.2, 0.25) is 0 Å². The molecule has 1 aromatic heterocycles. The van der Waals surface area contributed by atoms with E-state index in [2.05, 4.69) is 20.5 Å². The van der Waals surface area contributed by atoms with Crippen molar-refractivity contribution in [2.45, 2.75) is 39.7 Å². The Labute approximate surface area is 105 Å². The largest absolute Gasteiger partial charge is 0.480 e. The van der Waals surface area contributed by atoms with Crippen molar-refractivity contribution in [2.75, 3.05) is 0 Å². The quantitative estimate of drug-likeness (QED) is 0.688. The van der Waals surface area contributed by atoms with Crippen LogP contribution in [0.5, 0.6) is 0 Å². The highest BCUT2D eigenvalue weighted by Gasteiger charge is 2.27. The first kappa shape index (κ1) is 14.1. The maximum atomic E-state index is 11.8. The van der Waals surface area contributed by atoms with Gasteiger partial charge in [0.25, 0.3) is 5.91 Å². The van der Waals surface area contributed by atoms with Gasteiger partial charge in [-0.05, 0) is 5.92 Å². The Morgan fingerprint density at radius 2 is 2.11 bits per heavy atom. The van der Waals surface area contributed by atoms with Crippen LogP contribution in [0, 0.1) is 5.92 Å². The van der Waals surface area contributed by atoms with E-state index >= 15 is 0 Å². The predicted molar refractivity (Wildman–Crippen MR) is 64.1 cm³/mol. The first-order valence-corrected chi connectivity index (χ1v) is 5.94. The number of hydrogen-bond donors (Lipinski definition) is 3. The number of carboxylic acid groups (broad SMARTS) is 1. The number of nitrogens with zero attached hydrogens (tertiary/aromatic N) is 2. The summed E-state index contributed by atoms with van der Waals surface area (Å²) in [5, 5.41) is 17.9. The van der Waals surface area contributed by atoms with Crippen molar-refractivity contribution in [3.05, 3.63) is 11.6 Å². The molecule has 1 amide bonds. The number of carbonyl (C=O) groups is 2. The smallest absolute Gasteiger partial charge is 0.326 e. The lowest BCUT2D eigenvalue weighted by atomic mass is 9.99. The third kappa shape index (κ3) is 3.28. The molecule has 100 valence electrons. The minimum Gasteiger partial charge on any atom is -0.480 e. The SMILES string of the molecule is CCc1nc(C(=O)N[C@H](C(=O)O)[C@@H](C)CC)n[nH]1. The fourth-order valence-corrected chi connectivity index (χ4v) is 1.44. The molecular weight excluding hydrogens is 236 g/mol. The molecule has 0 bridgehead atoms. The van der Waals surface area contributed by atoms with Crippen molar-refractivity contribution in [1.82, 2.24) is 20.5 Å². The second-order valence-electron chi connectivity index (χ2n) is 4.13. The molecule has 18 heavy (non-hydrogen) atoms. The third-order valence-corrected chi connectivity index (χ3v) is 2.84. The number of nitrogens with one attached hydrogen (secondary N) is 2. The van der Waals surface area contributed by atoms with Gasteiger partial charge in [-0.1, -0.05) is 27.2 Å². The lowest BCUT2D eigenvalue weighted by Gasteiger charge is -2.19. The lowest BCUT2D eigenvalue weighted by molar-refractivity contribution is -0.140. The van der Waals surface area contributed by atoms with Gasteiger partial charge in [0.05, 0.1) is 0 Å². The number of aryl methyl sites for hydroxylation is 1. The van der Waals surface area contributed by atoms with Crippen molar-refractivity contribution >= 4 is 11.9 Å². The van der Waals surface area contributed by atoms with E-state index in [-0.39, 0.29) is 11.7 Å². The molecule has 0 saturated carbocycles. The Morgan fingerprint density at radius 3 is 2.56 bits per heavy atom. The molecule has 3 N–H and O–H groups in total. The molecule has 0 unspecified atom stereocenters. The zero-order valence-corrected chi connectivity index (χ0v) is 10.7. The molecule has 0 aliphatic rings. The van der Waals surface area contributed by atoms with E-state index in [0.29, 0.717) is 18.7 Å². The zero-order valence-electron chi connectivity index (χ0n) is 10.7. The van der Waals surface area contributed by atoms with Gasteiger partial charge >= 0.3 is 5.97 Å². The van der Waals surface area contributed by atoms with Crippen LogP contribution in [0.15, 0.2) is 0 Å². The van der Waals surface area contributed by atoms with Gasteiger partial charge in [0, 0.05) is 6.42 Å². The van der Waals surface area contributed by atoms with Crippen molar-refractivity contribution in [3.63, 3.8) is 0 Å². The first-order valence-electron chi connectivity index (χ1n) is 5.94. The van der Waals surface area contributed by atoms with Gasteiger partial charge < -0.3 is 10.4 Å². The van der Waals surface area contributed by atoms with E-state index in [9.17, 15) is 9.59 Å². The van der Waals surface area contributed by atoms with Crippen LogP contribution in [-0.2, 0) is 11.2 Å². The van der Waals surface area contributed by atoms with Crippen LogP contribution in [0.4, 0.5) is 0 Å². The van der Waals surface area contributed by atoms with Crippen molar-refractivity contribution in [1.29, 1.82) is 0 Å². The summed E-state index contributed by atoms with van der Waals surface area (Å²) in [7, 11) is 0. The van der Waals surface area contributed by atoms with Crippen LogP contribution >= 0.6 is 0 Å². The molecule has 0 aromatic carbocycles. The highest BCUT2D eigenvalue weighted by Crippen LogP contribution is 2.08. The van der Waals surface area contributed by atoms with E-state index in [1.165, 1.54) is 0 Å². The molecule has 0 spiro atoms. The number of H-pyrrole nitrogens is 1. The summed E-state index contributed by atoms with van der Waals surface area (Å²) in [6, 6.07) is -0.925. The summed E-state index contributed by atoms with van der Waals surface area (Å²) in [5.74, 6) is -1.21. The average molecular weight is 254 g/mol. The standard InChI is InChI=1S/C11H18N4O3/c1-4-6(3)8(11(17)18)13-10(16)9-12-7(5-2)14-15-9/h6,8H,4-5H2,1-3H3,(H,13,16)(H,17,18)(H,12,14,15)/t6-,8-/m0/s1.